The van der Waals surface area contributed by atoms with Gasteiger partial charge >= 0.3 is 5.97 Å². The molecule has 0 aliphatic carbocycles. The Morgan fingerprint density at radius 3 is 2.26 bits per heavy atom. The quantitative estimate of drug-likeness (QED) is 0.895. The van der Waals surface area contributed by atoms with Crippen LogP contribution in [0.1, 0.15) is 31.3 Å². The molecule has 2 aromatic rings. The number of nitrogens with one attached hydrogen (secondary N) is 1. The Morgan fingerprint density at radius 2 is 1.74 bits per heavy atom. The van der Waals surface area contributed by atoms with Crippen LogP contribution >= 0.6 is 0 Å². The van der Waals surface area contributed by atoms with E-state index in [-0.39, 0.29) is 10.6 Å². The molecule has 23 heavy (non-hydrogen) atoms. The number of aromatic nitrogens is 1. The lowest BCUT2D eigenvalue weighted by atomic mass is 10.0. The van der Waals surface area contributed by atoms with E-state index in [1.54, 1.807) is 45.0 Å². The van der Waals surface area contributed by atoms with E-state index in [0.29, 0.717) is 11.1 Å². The minimum Gasteiger partial charge on any atom is -0.476 e. The molecule has 1 aromatic heterocycles. The van der Waals surface area contributed by atoms with Gasteiger partial charge in [-0.15, -0.1) is 0 Å². The van der Waals surface area contributed by atoms with Crippen molar-refractivity contribution in [2.45, 2.75) is 31.2 Å². The highest BCUT2D eigenvalue weighted by atomic mass is 32.2. The third kappa shape index (κ3) is 4.14. The molecule has 1 heterocycles. The van der Waals surface area contributed by atoms with Crippen molar-refractivity contribution in [3.63, 3.8) is 0 Å². The Balaban J connectivity index is 2.40. The Bertz CT molecular complexity index is 822. The maximum atomic E-state index is 12.3. The Labute approximate surface area is 135 Å². The van der Waals surface area contributed by atoms with Crippen LogP contribution in [0.4, 0.5) is 0 Å². The molecule has 0 amide bonds. The molecule has 122 valence electrons. The number of hydrogen-bond acceptors (Lipinski definition) is 4. The first kappa shape index (κ1) is 17.1. The molecule has 0 bridgehead atoms. The lowest BCUT2D eigenvalue weighted by molar-refractivity contribution is 0.0691. The number of carboxylic acids is 1. The van der Waals surface area contributed by atoms with Gasteiger partial charge in [-0.05, 0) is 44.5 Å². The number of benzene rings is 1. The van der Waals surface area contributed by atoms with Crippen LogP contribution in [-0.4, -0.2) is 30.0 Å². The van der Waals surface area contributed by atoms with Gasteiger partial charge in [0.15, 0.2) is 5.69 Å². The average molecular weight is 334 g/mol. The number of pyridine rings is 1. The van der Waals surface area contributed by atoms with Crippen LogP contribution in [0.2, 0.25) is 0 Å². The highest BCUT2D eigenvalue weighted by Gasteiger charge is 2.22. The smallest absolute Gasteiger partial charge is 0.355 e. The second kappa shape index (κ2) is 6.10. The summed E-state index contributed by atoms with van der Waals surface area (Å²) in [7, 11) is -3.63. The van der Waals surface area contributed by atoms with Crippen molar-refractivity contribution in [3.05, 3.63) is 48.3 Å². The van der Waals surface area contributed by atoms with Crippen LogP contribution in [0.15, 0.2) is 47.5 Å². The molecule has 6 nitrogen and oxygen atoms in total. The Kier molecular flexibility index (Phi) is 4.53. The minimum atomic E-state index is -3.63. The summed E-state index contributed by atoms with van der Waals surface area (Å²) in [6.45, 7) is 5.27. The number of carboxylic acid groups (broad SMARTS) is 1. The van der Waals surface area contributed by atoms with E-state index in [1.165, 1.54) is 18.3 Å². The van der Waals surface area contributed by atoms with E-state index < -0.39 is 21.5 Å². The van der Waals surface area contributed by atoms with Crippen LogP contribution < -0.4 is 4.72 Å². The van der Waals surface area contributed by atoms with Gasteiger partial charge < -0.3 is 5.11 Å². The first-order valence-electron chi connectivity index (χ1n) is 6.93. The monoisotopic (exact) mass is 334 g/mol. The van der Waals surface area contributed by atoms with E-state index in [2.05, 4.69) is 9.71 Å². The van der Waals surface area contributed by atoms with Crippen molar-refractivity contribution in [1.29, 1.82) is 0 Å². The molecule has 2 rings (SSSR count). The molecule has 0 aliphatic heterocycles. The van der Waals surface area contributed by atoms with Gasteiger partial charge in [-0.1, -0.05) is 18.2 Å². The van der Waals surface area contributed by atoms with Crippen molar-refractivity contribution in [2.24, 2.45) is 0 Å². The summed E-state index contributed by atoms with van der Waals surface area (Å²) in [6.07, 6.45) is 1.40. The fraction of sp³-hybridized carbons (Fsp3) is 0.250. The highest BCUT2D eigenvalue weighted by Crippen LogP contribution is 2.24. The molecule has 7 heteroatoms. The van der Waals surface area contributed by atoms with E-state index in [4.69, 9.17) is 0 Å². The van der Waals surface area contributed by atoms with Gasteiger partial charge in [0.25, 0.3) is 0 Å². The zero-order valence-electron chi connectivity index (χ0n) is 13.1. The standard InChI is InChI=1S/C16H18N2O4S/c1-16(2,3)18-23(21,22)12-8-6-11(7-9-12)13-5-4-10-17-14(13)15(19)20/h4-10,18H,1-3H3,(H,19,20). The normalized spacial score (nSPS) is 12.1. The predicted octanol–water partition coefficient (Wildman–Crippen LogP) is 2.52. The van der Waals surface area contributed by atoms with Gasteiger partial charge in [0.1, 0.15) is 0 Å². The van der Waals surface area contributed by atoms with Crippen molar-refractivity contribution in [1.82, 2.24) is 9.71 Å². The number of hydrogen-bond donors (Lipinski definition) is 2. The maximum absolute atomic E-state index is 12.3. The number of carbonyl (C=O) groups is 1. The van der Waals surface area contributed by atoms with Crippen molar-refractivity contribution >= 4 is 16.0 Å². The van der Waals surface area contributed by atoms with Crippen LogP contribution in [-0.2, 0) is 10.0 Å². The molecule has 2 N–H and O–H groups in total. The molecule has 0 fully saturated rings. The molecule has 0 spiro atoms. The Hall–Kier alpha value is -2.25. The summed E-state index contributed by atoms with van der Waals surface area (Å²) >= 11 is 0. The van der Waals surface area contributed by atoms with Crippen LogP contribution in [0.3, 0.4) is 0 Å². The summed E-state index contributed by atoms with van der Waals surface area (Å²) in [4.78, 5) is 15.2. The maximum Gasteiger partial charge on any atom is 0.355 e. The number of nitrogens with zero attached hydrogens (tertiary/aromatic N) is 1. The topological polar surface area (TPSA) is 96.4 Å². The molecule has 0 saturated heterocycles. The zero-order valence-corrected chi connectivity index (χ0v) is 13.9. The third-order valence-corrected chi connectivity index (χ3v) is 4.70. The second-order valence-electron chi connectivity index (χ2n) is 6.08. The molecular weight excluding hydrogens is 316 g/mol. The summed E-state index contributed by atoms with van der Waals surface area (Å²) in [5.74, 6) is -1.13. The SMILES string of the molecule is CC(C)(C)NS(=O)(=O)c1ccc(-c2cccnc2C(=O)O)cc1. The van der Waals surface area contributed by atoms with Crippen molar-refractivity contribution < 1.29 is 18.3 Å². The van der Waals surface area contributed by atoms with Crippen LogP contribution in [0.5, 0.6) is 0 Å². The van der Waals surface area contributed by atoms with E-state index in [0.717, 1.165) is 0 Å². The lowest BCUT2D eigenvalue weighted by Crippen LogP contribution is -2.40. The highest BCUT2D eigenvalue weighted by molar-refractivity contribution is 7.89. The van der Waals surface area contributed by atoms with E-state index in [1.807, 2.05) is 0 Å². The molecule has 0 unspecified atom stereocenters. The molecule has 0 aliphatic rings. The largest absolute Gasteiger partial charge is 0.476 e. The first-order chi connectivity index (χ1) is 10.6. The summed E-state index contributed by atoms with van der Waals surface area (Å²) < 4.78 is 27.1. The summed E-state index contributed by atoms with van der Waals surface area (Å²) in [5, 5.41) is 9.17. The van der Waals surface area contributed by atoms with Gasteiger partial charge in [0.2, 0.25) is 10.0 Å². The van der Waals surface area contributed by atoms with Crippen molar-refractivity contribution in [2.75, 3.05) is 0 Å². The zero-order chi connectivity index (χ0) is 17.3. The minimum absolute atomic E-state index is 0.0732. The van der Waals surface area contributed by atoms with Crippen molar-refractivity contribution in [3.8, 4) is 11.1 Å². The summed E-state index contributed by atoms with van der Waals surface area (Å²) in [5.41, 5.74) is 0.367. The van der Waals surface area contributed by atoms with Gasteiger partial charge in [0, 0.05) is 17.3 Å². The van der Waals surface area contributed by atoms with Gasteiger partial charge in [0.05, 0.1) is 4.90 Å². The van der Waals surface area contributed by atoms with Crippen LogP contribution in [0.25, 0.3) is 11.1 Å². The van der Waals surface area contributed by atoms with E-state index >= 15 is 0 Å². The number of sulfonamides is 1. The molecule has 0 atom stereocenters. The second-order valence-corrected chi connectivity index (χ2v) is 7.77. The van der Waals surface area contributed by atoms with Gasteiger partial charge in [-0.25, -0.2) is 22.9 Å². The van der Waals surface area contributed by atoms with Gasteiger partial charge in [-0.2, -0.15) is 0 Å². The Morgan fingerprint density at radius 1 is 1.13 bits per heavy atom. The molecule has 1 aromatic carbocycles. The summed E-state index contributed by atoms with van der Waals surface area (Å²) in [6, 6.07) is 9.30. The number of aromatic carboxylic acids is 1. The predicted molar refractivity (Wildman–Crippen MR) is 86.7 cm³/mol. The fourth-order valence-electron chi connectivity index (χ4n) is 2.08. The fourth-order valence-corrected chi connectivity index (χ4v) is 3.50. The third-order valence-electron chi connectivity index (χ3n) is 2.93. The van der Waals surface area contributed by atoms with Crippen LogP contribution in [0, 0.1) is 0 Å². The molecule has 0 radical (unpaired) electrons. The molecule has 0 saturated carbocycles. The number of rotatable bonds is 4. The average Bonchev–Trinajstić information content (AvgIpc) is 2.45. The first-order valence-corrected chi connectivity index (χ1v) is 8.41. The van der Waals surface area contributed by atoms with E-state index in [9.17, 15) is 18.3 Å². The van der Waals surface area contributed by atoms with Gasteiger partial charge in [-0.3, -0.25) is 0 Å². The molecular formula is C16H18N2O4S. The lowest BCUT2D eigenvalue weighted by Gasteiger charge is -2.20.